The lowest BCUT2D eigenvalue weighted by molar-refractivity contribution is 1.48. The van der Waals surface area contributed by atoms with Crippen LogP contribution in [0.25, 0.3) is 73.7 Å². The second kappa shape index (κ2) is 9.17. The Hall–Kier alpha value is -4.75. The number of rotatable bonds is 3. The molecule has 3 heteroatoms. The minimum absolute atomic E-state index is 0.666. The van der Waals surface area contributed by atoms with Gasteiger partial charge in [-0.1, -0.05) is 78.9 Å². The zero-order valence-corrected chi connectivity index (χ0v) is 23.0. The van der Waals surface area contributed by atoms with Gasteiger partial charge in [-0.3, -0.25) is 0 Å². The Morgan fingerprint density at radius 2 is 0.950 bits per heavy atom. The molecule has 1 nitrogen and oxygen atoms in total. The summed E-state index contributed by atoms with van der Waals surface area (Å²) in [5, 5.41) is 14.8. The maximum absolute atomic E-state index is 9.64. The summed E-state index contributed by atoms with van der Waals surface area (Å²) in [4.78, 5) is 0. The molecule has 0 saturated carbocycles. The van der Waals surface area contributed by atoms with Crippen LogP contribution < -0.4 is 0 Å². The second-order valence-electron chi connectivity index (χ2n) is 10.0. The van der Waals surface area contributed by atoms with Crippen LogP contribution in [0.4, 0.5) is 0 Å². The SMILES string of the molecule is N#Cc1cccc(-c2cccc(-c3ccc4sc5ccccc5c4c3)c2-c2ccc3sc4ccccc4c3c2)c1. The molecule has 2 aromatic heterocycles. The van der Waals surface area contributed by atoms with Gasteiger partial charge in [-0.25, -0.2) is 0 Å². The molecule has 0 aliphatic rings. The molecule has 186 valence electrons. The number of hydrogen-bond donors (Lipinski definition) is 0. The largest absolute Gasteiger partial charge is 0.192 e. The first-order valence-corrected chi connectivity index (χ1v) is 14.9. The number of hydrogen-bond acceptors (Lipinski definition) is 3. The molecule has 2 heterocycles. The van der Waals surface area contributed by atoms with Crippen LogP contribution in [-0.2, 0) is 0 Å². The highest BCUT2D eigenvalue weighted by Gasteiger charge is 2.17. The van der Waals surface area contributed by atoms with Crippen molar-refractivity contribution in [2.24, 2.45) is 0 Å². The van der Waals surface area contributed by atoms with Crippen molar-refractivity contribution in [1.29, 1.82) is 5.26 Å². The number of nitrogens with zero attached hydrogens (tertiary/aromatic N) is 1. The van der Waals surface area contributed by atoms with Crippen LogP contribution in [-0.4, -0.2) is 0 Å². The Balaban J connectivity index is 1.43. The van der Waals surface area contributed by atoms with Crippen molar-refractivity contribution < 1.29 is 0 Å². The predicted molar refractivity (Wildman–Crippen MR) is 173 cm³/mol. The smallest absolute Gasteiger partial charge is 0.0991 e. The number of benzene rings is 6. The molecule has 0 atom stereocenters. The molecule has 8 rings (SSSR count). The molecule has 6 aromatic carbocycles. The first-order valence-electron chi connectivity index (χ1n) is 13.2. The van der Waals surface area contributed by atoms with Crippen LogP contribution in [0.5, 0.6) is 0 Å². The first kappa shape index (κ1) is 23.2. The Morgan fingerprint density at radius 3 is 1.60 bits per heavy atom. The second-order valence-corrected chi connectivity index (χ2v) is 12.2. The molecule has 0 amide bonds. The summed E-state index contributed by atoms with van der Waals surface area (Å²) in [5.74, 6) is 0. The lowest BCUT2D eigenvalue weighted by Gasteiger charge is -2.17. The minimum atomic E-state index is 0.666. The molecule has 40 heavy (non-hydrogen) atoms. The van der Waals surface area contributed by atoms with Crippen LogP contribution in [0.1, 0.15) is 5.56 Å². The van der Waals surface area contributed by atoms with Gasteiger partial charge in [-0.2, -0.15) is 5.26 Å². The third-order valence-corrected chi connectivity index (χ3v) is 10.0. The van der Waals surface area contributed by atoms with Crippen LogP contribution >= 0.6 is 22.7 Å². The van der Waals surface area contributed by atoms with Crippen LogP contribution in [0.15, 0.2) is 127 Å². The normalized spacial score (nSPS) is 11.5. The zero-order valence-electron chi connectivity index (χ0n) is 21.4. The molecule has 0 saturated heterocycles. The average Bonchev–Trinajstić information content (AvgIpc) is 3.58. The van der Waals surface area contributed by atoms with E-state index in [1.807, 2.05) is 40.9 Å². The highest BCUT2D eigenvalue weighted by Crippen LogP contribution is 2.44. The molecule has 0 unspecified atom stereocenters. The summed E-state index contributed by atoms with van der Waals surface area (Å²) >= 11 is 3.68. The summed E-state index contributed by atoms with van der Waals surface area (Å²) in [5.41, 5.74) is 7.60. The Labute approximate surface area is 239 Å². The average molecular weight is 544 g/mol. The molecule has 0 aliphatic carbocycles. The van der Waals surface area contributed by atoms with Gasteiger partial charge in [0.2, 0.25) is 0 Å². The zero-order chi connectivity index (χ0) is 26.6. The third kappa shape index (κ3) is 3.66. The van der Waals surface area contributed by atoms with E-state index in [2.05, 4.69) is 115 Å². The first-order chi connectivity index (χ1) is 19.8. The molecular weight excluding hydrogens is 523 g/mol. The van der Waals surface area contributed by atoms with E-state index in [9.17, 15) is 5.26 Å². The van der Waals surface area contributed by atoms with Crippen molar-refractivity contribution in [2.45, 2.75) is 0 Å². The lowest BCUT2D eigenvalue weighted by Crippen LogP contribution is -1.91. The molecule has 0 aliphatic heterocycles. The van der Waals surface area contributed by atoms with E-state index < -0.39 is 0 Å². The quantitative estimate of drug-likeness (QED) is 0.217. The maximum Gasteiger partial charge on any atom is 0.0991 e. The van der Waals surface area contributed by atoms with E-state index in [0.717, 1.165) is 11.1 Å². The van der Waals surface area contributed by atoms with E-state index >= 15 is 0 Å². The van der Waals surface area contributed by atoms with Crippen molar-refractivity contribution >= 4 is 63.0 Å². The third-order valence-electron chi connectivity index (χ3n) is 7.72. The summed E-state index contributed by atoms with van der Waals surface area (Å²) in [6.07, 6.45) is 0. The van der Waals surface area contributed by atoms with Crippen LogP contribution in [0.3, 0.4) is 0 Å². The van der Waals surface area contributed by atoms with Gasteiger partial charge in [0.1, 0.15) is 0 Å². The standard InChI is InChI=1S/C37H21NS2/c38-22-23-7-5-8-24(19-23)27-11-6-12-28(25-15-17-35-31(20-25)29-9-1-3-13-33(29)39-35)37(27)26-16-18-36-32(21-26)30-10-2-4-14-34(30)40-36/h1-21H. The number of thiophene rings is 2. The Morgan fingerprint density at radius 1 is 0.425 bits per heavy atom. The van der Waals surface area contributed by atoms with E-state index in [-0.39, 0.29) is 0 Å². The van der Waals surface area contributed by atoms with Gasteiger partial charge < -0.3 is 0 Å². The molecule has 0 radical (unpaired) electrons. The van der Waals surface area contributed by atoms with Gasteiger partial charge in [0, 0.05) is 40.3 Å². The highest BCUT2D eigenvalue weighted by molar-refractivity contribution is 7.26. The summed E-state index contributed by atoms with van der Waals surface area (Å²) in [6, 6.07) is 47.9. The molecule has 0 bridgehead atoms. The van der Waals surface area contributed by atoms with Crippen molar-refractivity contribution in [3.8, 4) is 39.4 Å². The van der Waals surface area contributed by atoms with E-state index in [0.29, 0.717) is 5.56 Å². The van der Waals surface area contributed by atoms with Crippen molar-refractivity contribution in [1.82, 2.24) is 0 Å². The van der Waals surface area contributed by atoms with Gasteiger partial charge in [0.05, 0.1) is 11.6 Å². The summed E-state index contributed by atoms with van der Waals surface area (Å²) < 4.78 is 5.21. The minimum Gasteiger partial charge on any atom is -0.192 e. The molecule has 8 aromatic rings. The van der Waals surface area contributed by atoms with Gasteiger partial charge in [-0.15, -0.1) is 22.7 Å². The highest BCUT2D eigenvalue weighted by atomic mass is 32.1. The monoisotopic (exact) mass is 543 g/mol. The Kier molecular flexibility index (Phi) is 5.31. The molecule has 0 fully saturated rings. The lowest BCUT2D eigenvalue weighted by atomic mass is 9.86. The fraction of sp³-hybridized carbons (Fsp3) is 0. The van der Waals surface area contributed by atoms with Crippen LogP contribution in [0.2, 0.25) is 0 Å². The van der Waals surface area contributed by atoms with E-state index in [1.165, 1.54) is 62.6 Å². The van der Waals surface area contributed by atoms with E-state index in [1.54, 1.807) is 0 Å². The van der Waals surface area contributed by atoms with Gasteiger partial charge >= 0.3 is 0 Å². The summed E-state index contributed by atoms with van der Waals surface area (Å²) in [6.45, 7) is 0. The van der Waals surface area contributed by atoms with E-state index in [4.69, 9.17) is 0 Å². The van der Waals surface area contributed by atoms with Gasteiger partial charge in [0.25, 0.3) is 0 Å². The molecular formula is C37H21NS2. The maximum atomic E-state index is 9.64. The Bertz CT molecular complexity index is 2290. The van der Waals surface area contributed by atoms with Crippen molar-refractivity contribution in [3.63, 3.8) is 0 Å². The summed E-state index contributed by atoms with van der Waals surface area (Å²) in [7, 11) is 0. The fourth-order valence-corrected chi connectivity index (χ4v) is 8.05. The predicted octanol–water partition coefficient (Wildman–Crippen LogP) is 11.3. The van der Waals surface area contributed by atoms with Gasteiger partial charge in [-0.05, 0) is 81.9 Å². The molecule has 0 N–H and O–H groups in total. The van der Waals surface area contributed by atoms with Crippen molar-refractivity contribution in [3.05, 3.63) is 133 Å². The number of nitriles is 1. The fourth-order valence-electron chi connectivity index (χ4n) is 5.88. The van der Waals surface area contributed by atoms with Crippen LogP contribution in [0, 0.1) is 11.3 Å². The topological polar surface area (TPSA) is 23.8 Å². The molecule has 0 spiro atoms. The number of fused-ring (bicyclic) bond motifs is 6. The van der Waals surface area contributed by atoms with Gasteiger partial charge in [0.15, 0.2) is 0 Å². The van der Waals surface area contributed by atoms with Crippen molar-refractivity contribution in [2.75, 3.05) is 0 Å².